The first kappa shape index (κ1) is 18.9. The predicted octanol–water partition coefficient (Wildman–Crippen LogP) is 5.03. The first-order valence-electron chi connectivity index (χ1n) is 8.76. The number of rotatable bonds is 7. The average molecular weight is 409 g/mol. The minimum atomic E-state index is 0.549. The maximum Gasteiger partial charge on any atom is 0.191 e. The Hall–Kier alpha value is -3.39. The summed E-state index contributed by atoms with van der Waals surface area (Å²) in [5.74, 6) is 2.59. The summed E-state index contributed by atoms with van der Waals surface area (Å²) in [5, 5.41) is 4.93. The minimum absolute atomic E-state index is 0.549. The summed E-state index contributed by atoms with van der Waals surface area (Å²) in [5.41, 5.74) is 2.51. The lowest BCUT2D eigenvalue weighted by Gasteiger charge is -2.12. The van der Waals surface area contributed by atoms with E-state index in [0.717, 1.165) is 21.4 Å². The van der Waals surface area contributed by atoms with Crippen LogP contribution >= 0.6 is 11.9 Å². The molecule has 0 aliphatic heterocycles. The summed E-state index contributed by atoms with van der Waals surface area (Å²) in [6.45, 7) is 0. The highest BCUT2D eigenvalue weighted by Gasteiger charge is 2.18. The van der Waals surface area contributed by atoms with Crippen molar-refractivity contribution in [3.05, 3.63) is 54.9 Å². The van der Waals surface area contributed by atoms with Gasteiger partial charge in [-0.05, 0) is 47.8 Å². The van der Waals surface area contributed by atoms with Gasteiger partial charge in [0.1, 0.15) is 27.5 Å². The van der Waals surface area contributed by atoms with Crippen LogP contribution in [0.1, 0.15) is 0 Å². The summed E-state index contributed by atoms with van der Waals surface area (Å²) >= 11 is 1.33. The Kier molecular flexibility index (Phi) is 5.44. The van der Waals surface area contributed by atoms with Crippen LogP contribution in [0.2, 0.25) is 0 Å². The molecule has 0 spiro atoms. The van der Waals surface area contributed by atoms with Crippen molar-refractivity contribution in [1.82, 2.24) is 10.1 Å². The van der Waals surface area contributed by atoms with Crippen LogP contribution < -0.4 is 18.9 Å². The van der Waals surface area contributed by atoms with Crippen molar-refractivity contribution in [3.63, 3.8) is 0 Å². The fraction of sp³-hybridized carbons (Fsp3) is 0.143. The number of pyridine rings is 1. The molecule has 148 valence electrons. The molecule has 1 N–H and O–H groups in total. The Labute approximate surface area is 172 Å². The second-order valence-corrected chi connectivity index (χ2v) is 6.84. The molecule has 0 aliphatic rings. The fourth-order valence-corrected chi connectivity index (χ4v) is 3.83. The van der Waals surface area contributed by atoms with Crippen molar-refractivity contribution in [2.75, 3.05) is 26.1 Å². The summed E-state index contributed by atoms with van der Waals surface area (Å²) in [4.78, 5) is 4.98. The maximum atomic E-state index is 5.61. The molecule has 4 rings (SSSR count). The highest BCUT2D eigenvalue weighted by Crippen LogP contribution is 2.41. The lowest BCUT2D eigenvalue weighted by atomic mass is 10.1. The quantitative estimate of drug-likeness (QED) is 0.426. The van der Waals surface area contributed by atoms with Gasteiger partial charge in [0.25, 0.3) is 0 Å². The first-order valence-corrected chi connectivity index (χ1v) is 9.58. The lowest BCUT2D eigenvalue weighted by Crippen LogP contribution is -1.95. The number of hydrogen-bond donors (Lipinski definition) is 1. The summed E-state index contributed by atoms with van der Waals surface area (Å²) < 4.78 is 25.3. The molecule has 2 heterocycles. The maximum absolute atomic E-state index is 5.61. The SMILES string of the molecule is COc1cccc(OC)c1SNc1noc2cc(-c3cccnc3)cc(OC)c12. The molecule has 2 aromatic carbocycles. The normalized spacial score (nSPS) is 10.7. The summed E-state index contributed by atoms with van der Waals surface area (Å²) in [6.07, 6.45) is 3.53. The summed E-state index contributed by atoms with van der Waals surface area (Å²) in [6, 6.07) is 13.3. The van der Waals surface area contributed by atoms with E-state index in [1.807, 2.05) is 42.5 Å². The standard InChI is InChI=1S/C21H19N3O4S/c1-25-15-7-4-8-16(26-2)20(15)29-24-21-19-17(27-3)10-14(11-18(19)28-23-21)13-6-5-9-22-12-13/h4-12H,1-3H3,(H,23,24). The molecular formula is C21H19N3O4S. The molecular weight excluding hydrogens is 390 g/mol. The van der Waals surface area contributed by atoms with Crippen LogP contribution in [0, 0.1) is 0 Å². The van der Waals surface area contributed by atoms with E-state index in [1.165, 1.54) is 11.9 Å². The number of hydrogen-bond acceptors (Lipinski definition) is 8. The van der Waals surface area contributed by atoms with Gasteiger partial charge in [-0.15, -0.1) is 0 Å². The van der Waals surface area contributed by atoms with E-state index in [2.05, 4.69) is 14.9 Å². The van der Waals surface area contributed by atoms with Crippen LogP contribution in [0.4, 0.5) is 5.82 Å². The Balaban J connectivity index is 1.70. The van der Waals surface area contributed by atoms with Crippen LogP contribution in [0.5, 0.6) is 17.2 Å². The first-order chi connectivity index (χ1) is 14.2. The number of methoxy groups -OCH3 is 3. The zero-order chi connectivity index (χ0) is 20.2. The van der Waals surface area contributed by atoms with Crippen molar-refractivity contribution >= 4 is 28.7 Å². The van der Waals surface area contributed by atoms with Gasteiger partial charge in [0.05, 0.1) is 21.3 Å². The van der Waals surface area contributed by atoms with E-state index in [0.29, 0.717) is 28.6 Å². The number of fused-ring (bicyclic) bond motifs is 1. The molecule has 0 aliphatic carbocycles. The molecule has 7 nitrogen and oxygen atoms in total. The van der Waals surface area contributed by atoms with Gasteiger partial charge in [-0.3, -0.25) is 4.98 Å². The smallest absolute Gasteiger partial charge is 0.191 e. The zero-order valence-electron chi connectivity index (χ0n) is 16.1. The molecule has 0 unspecified atom stereocenters. The molecule has 4 aromatic rings. The largest absolute Gasteiger partial charge is 0.496 e. The second-order valence-electron chi connectivity index (χ2n) is 6.02. The third-order valence-electron chi connectivity index (χ3n) is 4.39. The molecule has 0 atom stereocenters. The number of aromatic nitrogens is 2. The number of nitrogens with one attached hydrogen (secondary N) is 1. The van der Waals surface area contributed by atoms with E-state index in [-0.39, 0.29) is 0 Å². The average Bonchev–Trinajstić information content (AvgIpc) is 3.20. The van der Waals surface area contributed by atoms with Crippen molar-refractivity contribution in [1.29, 1.82) is 0 Å². The van der Waals surface area contributed by atoms with Gasteiger partial charge in [-0.25, -0.2) is 0 Å². The van der Waals surface area contributed by atoms with Crippen molar-refractivity contribution in [2.24, 2.45) is 0 Å². The second kappa shape index (κ2) is 8.32. The van der Waals surface area contributed by atoms with Gasteiger partial charge >= 0.3 is 0 Å². The van der Waals surface area contributed by atoms with Crippen molar-refractivity contribution < 1.29 is 18.7 Å². The highest BCUT2D eigenvalue weighted by atomic mass is 32.2. The Morgan fingerprint density at radius 1 is 0.897 bits per heavy atom. The molecule has 0 bridgehead atoms. The van der Waals surface area contributed by atoms with Gasteiger partial charge < -0.3 is 23.5 Å². The molecule has 0 saturated heterocycles. The van der Waals surface area contributed by atoms with E-state index in [9.17, 15) is 0 Å². The Bertz CT molecular complexity index is 1110. The van der Waals surface area contributed by atoms with Crippen molar-refractivity contribution in [3.8, 4) is 28.4 Å². The van der Waals surface area contributed by atoms with E-state index in [1.54, 1.807) is 33.7 Å². The molecule has 29 heavy (non-hydrogen) atoms. The minimum Gasteiger partial charge on any atom is -0.496 e. The van der Waals surface area contributed by atoms with Crippen LogP contribution in [0.3, 0.4) is 0 Å². The Morgan fingerprint density at radius 2 is 1.66 bits per heavy atom. The van der Waals surface area contributed by atoms with Gasteiger partial charge in [0.2, 0.25) is 0 Å². The number of ether oxygens (including phenoxy) is 3. The molecule has 0 fully saturated rings. The van der Waals surface area contributed by atoms with Crippen molar-refractivity contribution in [2.45, 2.75) is 4.90 Å². The van der Waals surface area contributed by atoms with Gasteiger partial charge in [-0.1, -0.05) is 17.3 Å². The van der Waals surface area contributed by atoms with Crippen LogP contribution in [-0.4, -0.2) is 31.5 Å². The van der Waals surface area contributed by atoms with Gasteiger partial charge in [-0.2, -0.15) is 0 Å². The number of nitrogens with zero attached hydrogens (tertiary/aromatic N) is 2. The number of benzene rings is 2. The van der Waals surface area contributed by atoms with Gasteiger partial charge in [0.15, 0.2) is 11.4 Å². The van der Waals surface area contributed by atoms with E-state index < -0.39 is 0 Å². The lowest BCUT2D eigenvalue weighted by molar-refractivity contribution is 0.376. The monoisotopic (exact) mass is 409 g/mol. The van der Waals surface area contributed by atoms with Crippen LogP contribution in [0.15, 0.2) is 64.3 Å². The molecule has 0 saturated carbocycles. The van der Waals surface area contributed by atoms with E-state index in [4.69, 9.17) is 18.7 Å². The molecule has 0 radical (unpaired) electrons. The van der Waals surface area contributed by atoms with Gasteiger partial charge in [0, 0.05) is 18.0 Å². The Morgan fingerprint density at radius 3 is 2.31 bits per heavy atom. The number of anilines is 1. The van der Waals surface area contributed by atoms with Crippen LogP contribution in [0.25, 0.3) is 22.1 Å². The highest BCUT2D eigenvalue weighted by molar-refractivity contribution is 8.00. The predicted molar refractivity (Wildman–Crippen MR) is 113 cm³/mol. The topological polar surface area (TPSA) is 78.6 Å². The van der Waals surface area contributed by atoms with E-state index >= 15 is 0 Å². The zero-order valence-corrected chi connectivity index (χ0v) is 16.9. The fourth-order valence-electron chi connectivity index (χ4n) is 2.98. The molecule has 8 heteroatoms. The molecule has 0 amide bonds. The molecule has 2 aromatic heterocycles. The summed E-state index contributed by atoms with van der Waals surface area (Å²) in [7, 11) is 4.86. The van der Waals surface area contributed by atoms with Crippen LogP contribution in [-0.2, 0) is 0 Å². The third-order valence-corrected chi connectivity index (χ3v) is 5.29. The third kappa shape index (κ3) is 3.66.